The molecule has 0 spiro atoms. The van der Waals surface area contributed by atoms with Crippen LogP contribution >= 0.6 is 15.9 Å². The van der Waals surface area contributed by atoms with Crippen molar-refractivity contribution in [2.24, 2.45) is 5.73 Å². The molecule has 0 saturated carbocycles. The van der Waals surface area contributed by atoms with Gasteiger partial charge in [0.2, 0.25) is 5.82 Å². The van der Waals surface area contributed by atoms with Crippen molar-refractivity contribution in [1.29, 1.82) is 0 Å². The number of hydrogen-bond acceptors (Lipinski definition) is 4. The minimum Gasteiger partial charge on any atom is -0.493 e. The molecule has 0 radical (unpaired) electrons. The van der Waals surface area contributed by atoms with Crippen molar-refractivity contribution in [2.75, 3.05) is 20.8 Å². The van der Waals surface area contributed by atoms with Crippen LogP contribution in [0.25, 0.3) is 0 Å². The van der Waals surface area contributed by atoms with Gasteiger partial charge in [-0.05, 0) is 22.0 Å². The van der Waals surface area contributed by atoms with Crippen molar-refractivity contribution >= 4 is 21.9 Å². The Hall–Kier alpha value is -1.34. The Kier molecular flexibility index (Phi) is 4.92. The van der Waals surface area contributed by atoms with Crippen LogP contribution in [0.4, 0.5) is 4.39 Å². The van der Waals surface area contributed by atoms with Crippen molar-refractivity contribution in [3.05, 3.63) is 21.9 Å². The van der Waals surface area contributed by atoms with E-state index in [0.717, 1.165) is 0 Å². The molecule has 0 heterocycles. The Labute approximate surface area is 112 Å². The third kappa shape index (κ3) is 2.56. The van der Waals surface area contributed by atoms with Crippen LogP contribution in [0.3, 0.4) is 0 Å². The molecule has 1 atom stereocenters. The maximum atomic E-state index is 14.0. The highest BCUT2D eigenvalue weighted by Gasteiger charge is 2.27. The van der Waals surface area contributed by atoms with Gasteiger partial charge in [-0.15, -0.1) is 0 Å². The fourth-order valence-corrected chi connectivity index (χ4v) is 2.20. The molecule has 100 valence electrons. The number of benzene rings is 1. The number of carbonyl (C=O) groups is 1. The van der Waals surface area contributed by atoms with Crippen molar-refractivity contribution in [2.45, 2.75) is 5.92 Å². The molecular formula is C11H13BrFNO4. The molecule has 7 heteroatoms. The average Bonchev–Trinajstić information content (AvgIpc) is 2.30. The van der Waals surface area contributed by atoms with Gasteiger partial charge in [0.05, 0.1) is 24.6 Å². The predicted molar refractivity (Wildman–Crippen MR) is 66.6 cm³/mol. The second kappa shape index (κ2) is 6.01. The number of carboxylic acids is 1. The molecule has 0 aromatic heterocycles. The molecular weight excluding hydrogens is 309 g/mol. The van der Waals surface area contributed by atoms with E-state index in [2.05, 4.69) is 15.9 Å². The van der Waals surface area contributed by atoms with E-state index in [1.165, 1.54) is 20.3 Å². The van der Waals surface area contributed by atoms with Gasteiger partial charge >= 0.3 is 5.97 Å². The number of halogens is 2. The number of ether oxygens (including phenoxy) is 2. The zero-order valence-corrected chi connectivity index (χ0v) is 11.5. The molecule has 0 amide bonds. The lowest BCUT2D eigenvalue weighted by molar-refractivity contribution is -0.138. The van der Waals surface area contributed by atoms with E-state index in [-0.39, 0.29) is 23.6 Å². The molecule has 18 heavy (non-hydrogen) atoms. The van der Waals surface area contributed by atoms with Crippen molar-refractivity contribution < 1.29 is 23.8 Å². The van der Waals surface area contributed by atoms with E-state index in [1.54, 1.807) is 0 Å². The van der Waals surface area contributed by atoms with Crippen molar-refractivity contribution in [1.82, 2.24) is 0 Å². The molecule has 0 fully saturated rings. The number of nitrogens with two attached hydrogens (primary N) is 1. The monoisotopic (exact) mass is 321 g/mol. The normalized spacial score (nSPS) is 12.1. The number of carboxylic acid groups (broad SMARTS) is 1. The molecule has 3 N–H and O–H groups in total. The van der Waals surface area contributed by atoms with E-state index >= 15 is 0 Å². The third-order valence-corrected chi connectivity index (χ3v) is 3.07. The van der Waals surface area contributed by atoms with Crippen LogP contribution < -0.4 is 15.2 Å². The van der Waals surface area contributed by atoms with Crippen LogP contribution in [0.5, 0.6) is 11.5 Å². The average molecular weight is 322 g/mol. The maximum Gasteiger partial charge on any atom is 0.312 e. The Morgan fingerprint density at radius 1 is 1.50 bits per heavy atom. The first-order valence-corrected chi connectivity index (χ1v) is 5.79. The third-order valence-electron chi connectivity index (χ3n) is 2.48. The Bertz CT molecular complexity index is 467. The van der Waals surface area contributed by atoms with Crippen molar-refractivity contribution in [3.8, 4) is 11.5 Å². The summed E-state index contributed by atoms with van der Waals surface area (Å²) in [5.41, 5.74) is 5.56. The smallest absolute Gasteiger partial charge is 0.312 e. The molecule has 1 unspecified atom stereocenters. The summed E-state index contributed by atoms with van der Waals surface area (Å²) in [6.07, 6.45) is 0. The molecule has 1 aromatic rings. The molecule has 0 aliphatic rings. The molecule has 5 nitrogen and oxygen atoms in total. The zero-order valence-electron chi connectivity index (χ0n) is 9.87. The number of aliphatic carboxylic acids is 1. The summed E-state index contributed by atoms with van der Waals surface area (Å²) in [6.45, 7) is -0.163. The summed E-state index contributed by atoms with van der Waals surface area (Å²) in [5, 5.41) is 9.05. The van der Waals surface area contributed by atoms with Crippen LogP contribution in [0.2, 0.25) is 0 Å². The zero-order chi connectivity index (χ0) is 13.9. The quantitative estimate of drug-likeness (QED) is 0.863. The molecule has 0 bridgehead atoms. The predicted octanol–water partition coefficient (Wildman–Crippen LogP) is 1.73. The topological polar surface area (TPSA) is 81.8 Å². The highest BCUT2D eigenvalue weighted by Crippen LogP contribution is 2.40. The van der Waals surface area contributed by atoms with E-state index < -0.39 is 17.7 Å². The summed E-state index contributed by atoms with van der Waals surface area (Å²) in [7, 11) is 2.56. The molecule has 0 saturated heterocycles. The van der Waals surface area contributed by atoms with Gasteiger partial charge in [-0.2, -0.15) is 4.39 Å². The van der Waals surface area contributed by atoms with Gasteiger partial charge in [0.25, 0.3) is 0 Å². The summed E-state index contributed by atoms with van der Waals surface area (Å²) in [5.74, 6) is -3.17. The largest absolute Gasteiger partial charge is 0.493 e. The van der Waals surface area contributed by atoms with E-state index in [4.69, 9.17) is 20.3 Å². The standard InChI is InChI=1S/C11H13BrFNO4/c1-17-9-5(6(4-14)11(15)16)3-7(12)10(18-2)8(9)13/h3,6H,4,14H2,1-2H3,(H,15,16). The van der Waals surface area contributed by atoms with Crippen LogP contribution in [0.1, 0.15) is 11.5 Å². The second-order valence-corrected chi connectivity index (χ2v) is 4.31. The molecule has 1 aromatic carbocycles. The fourth-order valence-electron chi connectivity index (χ4n) is 1.62. The summed E-state index contributed by atoms with van der Waals surface area (Å²) in [4.78, 5) is 11.1. The van der Waals surface area contributed by atoms with Crippen LogP contribution in [-0.2, 0) is 4.79 Å². The van der Waals surface area contributed by atoms with E-state index in [1.807, 2.05) is 0 Å². The van der Waals surface area contributed by atoms with Gasteiger partial charge < -0.3 is 20.3 Å². The highest BCUT2D eigenvalue weighted by molar-refractivity contribution is 9.10. The summed E-state index contributed by atoms with van der Waals surface area (Å²) >= 11 is 3.11. The maximum absolute atomic E-state index is 14.0. The van der Waals surface area contributed by atoms with Crippen LogP contribution in [0.15, 0.2) is 10.5 Å². The SMILES string of the molecule is COc1c(Br)cc(C(CN)C(=O)O)c(OC)c1F. The minimum absolute atomic E-state index is 0.0447. The summed E-state index contributed by atoms with van der Waals surface area (Å²) < 4.78 is 24.1. The lowest BCUT2D eigenvalue weighted by atomic mass is 9.98. The van der Waals surface area contributed by atoms with Crippen molar-refractivity contribution in [3.63, 3.8) is 0 Å². The van der Waals surface area contributed by atoms with Gasteiger partial charge in [0.1, 0.15) is 0 Å². The van der Waals surface area contributed by atoms with E-state index in [0.29, 0.717) is 4.47 Å². The summed E-state index contributed by atoms with van der Waals surface area (Å²) in [6, 6.07) is 1.44. The first-order chi connectivity index (χ1) is 8.47. The van der Waals surface area contributed by atoms with Crippen LogP contribution in [-0.4, -0.2) is 31.8 Å². The van der Waals surface area contributed by atoms with Gasteiger partial charge in [0, 0.05) is 12.1 Å². The van der Waals surface area contributed by atoms with E-state index in [9.17, 15) is 9.18 Å². The lowest BCUT2D eigenvalue weighted by Gasteiger charge is -2.17. The highest BCUT2D eigenvalue weighted by atomic mass is 79.9. The Balaban J connectivity index is 3.49. The molecule has 1 rings (SSSR count). The minimum atomic E-state index is -1.15. The van der Waals surface area contributed by atoms with Crippen LogP contribution in [0, 0.1) is 5.82 Å². The lowest BCUT2D eigenvalue weighted by Crippen LogP contribution is -2.22. The Morgan fingerprint density at radius 2 is 2.06 bits per heavy atom. The molecule has 0 aliphatic heterocycles. The molecule has 0 aliphatic carbocycles. The van der Waals surface area contributed by atoms with Gasteiger partial charge in [-0.1, -0.05) is 0 Å². The van der Waals surface area contributed by atoms with Gasteiger partial charge in [-0.3, -0.25) is 4.79 Å². The number of methoxy groups -OCH3 is 2. The van der Waals surface area contributed by atoms with Gasteiger partial charge in [-0.25, -0.2) is 0 Å². The fraction of sp³-hybridized carbons (Fsp3) is 0.364. The number of rotatable bonds is 5. The number of hydrogen-bond donors (Lipinski definition) is 2. The first-order valence-electron chi connectivity index (χ1n) is 5.00. The second-order valence-electron chi connectivity index (χ2n) is 3.45. The Morgan fingerprint density at radius 3 is 2.44 bits per heavy atom. The first kappa shape index (κ1) is 14.7. The van der Waals surface area contributed by atoms with Gasteiger partial charge in [0.15, 0.2) is 11.5 Å².